The summed E-state index contributed by atoms with van der Waals surface area (Å²) in [7, 11) is 0. The highest BCUT2D eigenvalue weighted by Gasteiger charge is 2.26. The van der Waals surface area contributed by atoms with E-state index in [1.807, 2.05) is 60.7 Å². The summed E-state index contributed by atoms with van der Waals surface area (Å²) < 4.78 is 5.66. The van der Waals surface area contributed by atoms with Crippen LogP contribution in [0.4, 0.5) is 17.2 Å². The molecule has 8 nitrogen and oxygen atoms in total. The van der Waals surface area contributed by atoms with Crippen LogP contribution >= 0.6 is 0 Å². The van der Waals surface area contributed by atoms with Crippen molar-refractivity contribution >= 4 is 29.1 Å². The lowest BCUT2D eigenvalue weighted by molar-refractivity contribution is -0.137. The molecule has 164 valence electrons. The number of carbonyl (C=O) groups is 2. The van der Waals surface area contributed by atoms with Crippen LogP contribution in [0.5, 0.6) is 5.75 Å². The molecule has 1 unspecified atom stereocenters. The van der Waals surface area contributed by atoms with Crippen LogP contribution in [0.2, 0.25) is 0 Å². The zero-order chi connectivity index (χ0) is 22.3. The van der Waals surface area contributed by atoms with Gasteiger partial charge in [0.05, 0.1) is 18.2 Å². The molecule has 0 bridgehead atoms. The van der Waals surface area contributed by atoms with Crippen LogP contribution in [0.25, 0.3) is 0 Å². The summed E-state index contributed by atoms with van der Waals surface area (Å²) in [6, 6.07) is 20.1. The summed E-state index contributed by atoms with van der Waals surface area (Å²) in [5, 5.41) is 15.8. The Kier molecular flexibility index (Phi) is 6.50. The average Bonchev–Trinajstić information content (AvgIpc) is 2.81. The van der Waals surface area contributed by atoms with Crippen LogP contribution in [0.1, 0.15) is 18.0 Å². The maximum Gasteiger partial charge on any atom is 0.305 e. The van der Waals surface area contributed by atoms with E-state index in [2.05, 4.69) is 15.6 Å². The van der Waals surface area contributed by atoms with Crippen LogP contribution in [0, 0.1) is 0 Å². The third kappa shape index (κ3) is 5.15. The summed E-state index contributed by atoms with van der Waals surface area (Å²) >= 11 is 0. The number of nitrogens with one attached hydrogen (secondary N) is 2. The van der Waals surface area contributed by atoms with Crippen molar-refractivity contribution in [3.05, 3.63) is 78.5 Å². The predicted molar refractivity (Wildman–Crippen MR) is 122 cm³/mol. The SMILES string of the molecule is O=C(O)CC(Nc1ccc2c(c1)OCC(=O)N2CCNc1ccccn1)c1ccccc1. The number of fused-ring (bicyclic) bond motifs is 1. The van der Waals surface area contributed by atoms with Crippen molar-refractivity contribution in [1.82, 2.24) is 4.98 Å². The Morgan fingerprint density at radius 1 is 1.12 bits per heavy atom. The number of benzene rings is 2. The molecule has 4 rings (SSSR count). The number of aromatic nitrogens is 1. The topological polar surface area (TPSA) is 104 Å². The van der Waals surface area contributed by atoms with Crippen LogP contribution in [-0.4, -0.2) is 41.7 Å². The number of aliphatic carboxylic acids is 1. The molecule has 0 fully saturated rings. The van der Waals surface area contributed by atoms with Crippen LogP contribution in [0.3, 0.4) is 0 Å². The van der Waals surface area contributed by atoms with Crippen molar-refractivity contribution in [3.8, 4) is 5.75 Å². The molecule has 1 aromatic heterocycles. The minimum absolute atomic E-state index is 0.0444. The van der Waals surface area contributed by atoms with E-state index < -0.39 is 12.0 Å². The second-order valence-corrected chi connectivity index (χ2v) is 7.36. The Morgan fingerprint density at radius 3 is 2.69 bits per heavy atom. The number of anilines is 3. The van der Waals surface area contributed by atoms with Gasteiger partial charge in [-0.25, -0.2) is 4.98 Å². The fraction of sp³-hybridized carbons (Fsp3) is 0.208. The lowest BCUT2D eigenvalue weighted by Crippen LogP contribution is -2.41. The van der Waals surface area contributed by atoms with Gasteiger partial charge in [-0.3, -0.25) is 9.59 Å². The van der Waals surface area contributed by atoms with Crippen LogP contribution in [0.15, 0.2) is 72.9 Å². The fourth-order valence-electron chi connectivity index (χ4n) is 3.62. The van der Waals surface area contributed by atoms with Gasteiger partial charge in [0.15, 0.2) is 6.61 Å². The number of carboxylic acids is 1. The molecule has 0 spiro atoms. The molecule has 0 saturated carbocycles. The quantitative estimate of drug-likeness (QED) is 0.475. The Hall–Kier alpha value is -4.07. The molecule has 1 aliphatic rings. The van der Waals surface area contributed by atoms with Gasteiger partial charge in [0, 0.05) is 31.0 Å². The minimum atomic E-state index is -0.891. The maximum absolute atomic E-state index is 12.4. The minimum Gasteiger partial charge on any atom is -0.481 e. The molecule has 3 aromatic rings. The van der Waals surface area contributed by atoms with Crippen molar-refractivity contribution in [1.29, 1.82) is 0 Å². The first kappa shape index (κ1) is 21.2. The van der Waals surface area contributed by atoms with Gasteiger partial charge in [-0.2, -0.15) is 0 Å². The number of hydrogen-bond donors (Lipinski definition) is 3. The Morgan fingerprint density at radius 2 is 1.94 bits per heavy atom. The number of amides is 1. The van der Waals surface area contributed by atoms with Gasteiger partial charge < -0.3 is 25.4 Å². The zero-order valence-electron chi connectivity index (χ0n) is 17.4. The molecule has 1 amide bonds. The van der Waals surface area contributed by atoms with E-state index in [0.717, 1.165) is 17.1 Å². The molecule has 32 heavy (non-hydrogen) atoms. The molecule has 2 aromatic carbocycles. The third-order valence-electron chi connectivity index (χ3n) is 5.13. The van der Waals surface area contributed by atoms with Crippen molar-refractivity contribution in [2.24, 2.45) is 0 Å². The summed E-state index contributed by atoms with van der Waals surface area (Å²) in [5.74, 6) is 0.319. The summed E-state index contributed by atoms with van der Waals surface area (Å²) in [6.07, 6.45) is 1.64. The molecule has 3 N–H and O–H groups in total. The van der Waals surface area contributed by atoms with Crippen LogP contribution < -0.4 is 20.3 Å². The average molecular weight is 432 g/mol. The smallest absolute Gasteiger partial charge is 0.305 e. The van der Waals surface area contributed by atoms with Crippen molar-refractivity contribution in [2.75, 3.05) is 35.2 Å². The van der Waals surface area contributed by atoms with Crippen molar-refractivity contribution in [3.63, 3.8) is 0 Å². The first-order chi connectivity index (χ1) is 15.6. The monoisotopic (exact) mass is 432 g/mol. The molecule has 8 heteroatoms. The summed E-state index contributed by atoms with van der Waals surface area (Å²) in [5.41, 5.74) is 2.29. The second-order valence-electron chi connectivity index (χ2n) is 7.36. The zero-order valence-corrected chi connectivity index (χ0v) is 17.4. The molecular formula is C24H24N4O4. The summed E-state index contributed by atoms with van der Waals surface area (Å²) in [4.78, 5) is 29.7. The number of ether oxygens (including phenoxy) is 1. The van der Waals surface area contributed by atoms with Gasteiger partial charge in [-0.1, -0.05) is 36.4 Å². The maximum atomic E-state index is 12.4. The molecule has 0 radical (unpaired) electrons. The fourth-order valence-corrected chi connectivity index (χ4v) is 3.62. The normalized spacial score (nSPS) is 13.6. The lowest BCUT2D eigenvalue weighted by Gasteiger charge is -2.30. The molecule has 0 saturated heterocycles. The standard InChI is InChI=1S/C24H24N4O4/c29-23-16-32-21-14-18(27-19(15-24(30)31)17-6-2-1-3-7-17)9-10-20(21)28(23)13-12-26-22-8-4-5-11-25-22/h1-11,14,19,27H,12-13,15-16H2,(H,25,26)(H,30,31). The van der Waals surface area contributed by atoms with Gasteiger partial charge in [-0.05, 0) is 29.8 Å². The Labute approximate surface area is 185 Å². The third-order valence-corrected chi connectivity index (χ3v) is 5.13. The van der Waals surface area contributed by atoms with E-state index in [1.165, 1.54) is 0 Å². The van der Waals surface area contributed by atoms with E-state index >= 15 is 0 Å². The number of nitrogens with zero attached hydrogens (tertiary/aromatic N) is 2. The summed E-state index contributed by atoms with van der Waals surface area (Å²) in [6.45, 7) is 0.957. The van der Waals surface area contributed by atoms with E-state index in [9.17, 15) is 14.7 Å². The van der Waals surface area contributed by atoms with Gasteiger partial charge in [-0.15, -0.1) is 0 Å². The molecule has 0 aliphatic carbocycles. The van der Waals surface area contributed by atoms with E-state index in [4.69, 9.17) is 4.74 Å². The van der Waals surface area contributed by atoms with E-state index in [1.54, 1.807) is 17.2 Å². The van der Waals surface area contributed by atoms with E-state index in [-0.39, 0.29) is 18.9 Å². The largest absolute Gasteiger partial charge is 0.481 e. The van der Waals surface area contributed by atoms with Gasteiger partial charge in [0.25, 0.3) is 5.91 Å². The molecular weight excluding hydrogens is 408 g/mol. The Bertz CT molecular complexity index is 1080. The van der Waals surface area contributed by atoms with Gasteiger partial charge in [0.2, 0.25) is 0 Å². The molecule has 1 atom stereocenters. The molecule has 2 heterocycles. The number of carbonyl (C=O) groups excluding carboxylic acids is 1. The second kappa shape index (κ2) is 9.82. The first-order valence-electron chi connectivity index (χ1n) is 10.4. The predicted octanol–water partition coefficient (Wildman–Crippen LogP) is 3.55. The lowest BCUT2D eigenvalue weighted by atomic mass is 10.0. The first-order valence-corrected chi connectivity index (χ1v) is 10.4. The van der Waals surface area contributed by atoms with Crippen LogP contribution in [-0.2, 0) is 9.59 Å². The van der Waals surface area contributed by atoms with E-state index in [0.29, 0.717) is 24.5 Å². The van der Waals surface area contributed by atoms with Crippen molar-refractivity contribution < 1.29 is 19.4 Å². The number of pyridine rings is 1. The number of hydrogen-bond acceptors (Lipinski definition) is 6. The Balaban J connectivity index is 1.48. The highest BCUT2D eigenvalue weighted by atomic mass is 16.5. The molecule has 1 aliphatic heterocycles. The highest BCUT2D eigenvalue weighted by Crippen LogP contribution is 2.35. The van der Waals surface area contributed by atoms with Gasteiger partial charge in [0.1, 0.15) is 11.6 Å². The van der Waals surface area contributed by atoms with Crippen molar-refractivity contribution in [2.45, 2.75) is 12.5 Å². The highest BCUT2D eigenvalue weighted by molar-refractivity contribution is 5.98. The number of carboxylic acid groups (broad SMARTS) is 1. The number of rotatable bonds is 9. The van der Waals surface area contributed by atoms with Gasteiger partial charge >= 0.3 is 5.97 Å².